The molecule has 1 amide bonds. The number of carbonyl (C=O) groups excluding carboxylic acids is 1. The Balaban J connectivity index is 1.68. The van der Waals surface area contributed by atoms with Crippen LogP contribution in [0.4, 0.5) is 14.5 Å². The number of nitrogens with one attached hydrogen (secondary N) is 1. The molecule has 150 valence electrons. The third-order valence-electron chi connectivity index (χ3n) is 3.88. The summed E-state index contributed by atoms with van der Waals surface area (Å²) in [6.07, 6.45) is 0.546. The Morgan fingerprint density at radius 3 is 2.38 bits per heavy atom. The highest BCUT2D eigenvalue weighted by Gasteiger charge is 2.18. The fourth-order valence-electron chi connectivity index (χ4n) is 2.36. The number of carbonyl (C=O) groups is 1. The average molecular weight is 400 g/mol. The van der Waals surface area contributed by atoms with Crippen molar-refractivity contribution in [2.24, 2.45) is 0 Å². The molecule has 0 radical (unpaired) electrons. The standard InChI is InChI=1S/C21H18F2N2O4/c1-13(28-16-9-10-17(22)18(23)12-16)20(26)25-19-4-3-11-24-21(19)29-15-7-5-14(27-2)6-8-15/h3-13H,1-2H3,(H,25,26). The number of benzene rings is 2. The van der Waals surface area contributed by atoms with Crippen LogP contribution in [-0.4, -0.2) is 24.1 Å². The molecule has 8 heteroatoms. The van der Waals surface area contributed by atoms with Crippen molar-refractivity contribution in [2.45, 2.75) is 13.0 Å². The van der Waals surface area contributed by atoms with Gasteiger partial charge in [0.05, 0.1) is 7.11 Å². The SMILES string of the molecule is COc1ccc(Oc2ncccc2NC(=O)C(C)Oc2ccc(F)c(F)c2)cc1. The second-order valence-corrected chi connectivity index (χ2v) is 5.96. The lowest BCUT2D eigenvalue weighted by atomic mass is 10.3. The van der Waals surface area contributed by atoms with Gasteiger partial charge in [-0.15, -0.1) is 0 Å². The van der Waals surface area contributed by atoms with E-state index < -0.39 is 23.6 Å². The molecule has 0 aliphatic heterocycles. The van der Waals surface area contributed by atoms with Crippen molar-refractivity contribution in [1.82, 2.24) is 4.98 Å². The van der Waals surface area contributed by atoms with Crippen molar-refractivity contribution in [1.29, 1.82) is 0 Å². The fourth-order valence-corrected chi connectivity index (χ4v) is 2.36. The Hall–Kier alpha value is -3.68. The van der Waals surface area contributed by atoms with E-state index in [9.17, 15) is 13.6 Å². The number of ether oxygens (including phenoxy) is 3. The lowest BCUT2D eigenvalue weighted by molar-refractivity contribution is -0.122. The van der Waals surface area contributed by atoms with Crippen LogP contribution in [0.3, 0.4) is 0 Å². The van der Waals surface area contributed by atoms with E-state index in [-0.39, 0.29) is 11.6 Å². The van der Waals surface area contributed by atoms with Crippen molar-refractivity contribution in [3.05, 3.63) is 72.4 Å². The Morgan fingerprint density at radius 1 is 1.00 bits per heavy atom. The number of methoxy groups -OCH3 is 1. The molecule has 1 atom stereocenters. The van der Waals surface area contributed by atoms with Gasteiger partial charge in [0.2, 0.25) is 5.88 Å². The normalized spacial score (nSPS) is 11.4. The number of hydrogen-bond donors (Lipinski definition) is 1. The number of anilines is 1. The zero-order chi connectivity index (χ0) is 20.8. The van der Waals surface area contributed by atoms with Gasteiger partial charge >= 0.3 is 0 Å². The first kappa shape index (κ1) is 20.1. The van der Waals surface area contributed by atoms with Gasteiger partial charge in [0.15, 0.2) is 17.7 Å². The predicted molar refractivity (Wildman–Crippen MR) is 102 cm³/mol. The van der Waals surface area contributed by atoms with E-state index >= 15 is 0 Å². The first-order chi connectivity index (χ1) is 14.0. The quantitative estimate of drug-likeness (QED) is 0.629. The number of rotatable bonds is 7. The average Bonchev–Trinajstić information content (AvgIpc) is 2.72. The van der Waals surface area contributed by atoms with Gasteiger partial charge in [-0.3, -0.25) is 4.79 Å². The number of aromatic nitrogens is 1. The van der Waals surface area contributed by atoms with Crippen molar-refractivity contribution in [3.8, 4) is 23.1 Å². The zero-order valence-corrected chi connectivity index (χ0v) is 15.7. The van der Waals surface area contributed by atoms with Gasteiger partial charge in [-0.25, -0.2) is 13.8 Å². The summed E-state index contributed by atoms with van der Waals surface area (Å²) in [7, 11) is 1.56. The molecule has 0 bridgehead atoms. The Bertz CT molecular complexity index is 996. The summed E-state index contributed by atoms with van der Waals surface area (Å²) < 4.78 is 42.5. The molecule has 3 rings (SSSR count). The van der Waals surface area contributed by atoms with Crippen LogP contribution < -0.4 is 19.5 Å². The van der Waals surface area contributed by atoms with Crippen LogP contribution in [0.2, 0.25) is 0 Å². The highest BCUT2D eigenvalue weighted by molar-refractivity contribution is 5.95. The zero-order valence-electron chi connectivity index (χ0n) is 15.7. The maximum atomic E-state index is 13.3. The molecule has 0 aliphatic rings. The highest BCUT2D eigenvalue weighted by Crippen LogP contribution is 2.28. The van der Waals surface area contributed by atoms with E-state index in [0.29, 0.717) is 17.2 Å². The summed E-state index contributed by atoms with van der Waals surface area (Å²) in [6, 6.07) is 13.2. The minimum atomic E-state index is -1.06. The molecule has 1 unspecified atom stereocenters. The molecular formula is C21H18F2N2O4. The largest absolute Gasteiger partial charge is 0.497 e. The molecule has 3 aromatic rings. The maximum Gasteiger partial charge on any atom is 0.265 e. The maximum absolute atomic E-state index is 13.3. The van der Waals surface area contributed by atoms with Crippen LogP contribution in [0.5, 0.6) is 23.1 Å². The van der Waals surface area contributed by atoms with Gasteiger partial charge in [0, 0.05) is 12.3 Å². The molecule has 0 saturated carbocycles. The Labute approximate surface area is 166 Å². The van der Waals surface area contributed by atoms with Gasteiger partial charge in [0.25, 0.3) is 5.91 Å². The molecule has 2 aromatic carbocycles. The van der Waals surface area contributed by atoms with Crippen molar-refractivity contribution >= 4 is 11.6 Å². The van der Waals surface area contributed by atoms with Crippen LogP contribution in [0, 0.1) is 11.6 Å². The summed E-state index contributed by atoms with van der Waals surface area (Å²) >= 11 is 0. The summed E-state index contributed by atoms with van der Waals surface area (Å²) in [5.74, 6) is -1.16. The smallest absolute Gasteiger partial charge is 0.265 e. The number of hydrogen-bond acceptors (Lipinski definition) is 5. The number of pyridine rings is 1. The third kappa shape index (κ3) is 5.19. The summed E-state index contributed by atoms with van der Waals surface area (Å²) in [5, 5.41) is 2.66. The van der Waals surface area contributed by atoms with Crippen molar-refractivity contribution in [3.63, 3.8) is 0 Å². The minimum absolute atomic E-state index is 0.0347. The van der Waals surface area contributed by atoms with E-state index in [4.69, 9.17) is 14.2 Å². The molecule has 0 fully saturated rings. The number of halogens is 2. The molecule has 0 spiro atoms. The van der Waals surface area contributed by atoms with Gasteiger partial charge in [-0.1, -0.05) is 0 Å². The van der Waals surface area contributed by atoms with Gasteiger partial charge in [-0.2, -0.15) is 0 Å². The van der Waals surface area contributed by atoms with Crippen molar-refractivity contribution < 1.29 is 27.8 Å². The third-order valence-corrected chi connectivity index (χ3v) is 3.88. The van der Waals surface area contributed by atoms with Gasteiger partial charge in [0.1, 0.15) is 22.9 Å². The second kappa shape index (κ2) is 9.01. The minimum Gasteiger partial charge on any atom is -0.497 e. The van der Waals surface area contributed by atoms with Crippen LogP contribution in [-0.2, 0) is 4.79 Å². The number of amides is 1. The summed E-state index contributed by atoms with van der Waals surface area (Å²) in [4.78, 5) is 16.6. The van der Waals surface area contributed by atoms with E-state index in [1.54, 1.807) is 43.5 Å². The molecule has 29 heavy (non-hydrogen) atoms. The first-order valence-electron chi connectivity index (χ1n) is 8.66. The topological polar surface area (TPSA) is 69.7 Å². The molecule has 1 aromatic heterocycles. The molecule has 0 aliphatic carbocycles. The second-order valence-electron chi connectivity index (χ2n) is 5.96. The van der Waals surface area contributed by atoms with Crippen LogP contribution in [0.15, 0.2) is 60.8 Å². The van der Waals surface area contributed by atoms with Gasteiger partial charge < -0.3 is 19.5 Å². The van der Waals surface area contributed by atoms with E-state index in [2.05, 4.69) is 10.3 Å². The van der Waals surface area contributed by atoms with Crippen LogP contribution >= 0.6 is 0 Å². The molecular weight excluding hydrogens is 382 g/mol. The first-order valence-corrected chi connectivity index (χ1v) is 8.66. The predicted octanol–water partition coefficient (Wildman–Crippen LogP) is 4.57. The van der Waals surface area contributed by atoms with E-state index in [1.165, 1.54) is 19.2 Å². The monoisotopic (exact) mass is 400 g/mol. The fraction of sp³-hybridized carbons (Fsp3) is 0.143. The van der Waals surface area contributed by atoms with Crippen LogP contribution in [0.1, 0.15) is 6.92 Å². The van der Waals surface area contributed by atoms with E-state index in [0.717, 1.165) is 12.1 Å². The summed E-state index contributed by atoms with van der Waals surface area (Å²) in [6.45, 7) is 1.48. The van der Waals surface area contributed by atoms with Crippen molar-refractivity contribution in [2.75, 3.05) is 12.4 Å². The molecule has 1 N–H and O–H groups in total. The number of nitrogens with zero attached hydrogens (tertiary/aromatic N) is 1. The lowest BCUT2D eigenvalue weighted by Crippen LogP contribution is -2.30. The molecule has 6 nitrogen and oxygen atoms in total. The molecule has 1 heterocycles. The van der Waals surface area contributed by atoms with Gasteiger partial charge in [-0.05, 0) is 55.5 Å². The van der Waals surface area contributed by atoms with E-state index in [1.807, 2.05) is 0 Å². The Kier molecular flexibility index (Phi) is 6.23. The lowest BCUT2D eigenvalue weighted by Gasteiger charge is -2.16. The Morgan fingerprint density at radius 2 is 1.69 bits per heavy atom. The highest BCUT2D eigenvalue weighted by atomic mass is 19.2. The van der Waals surface area contributed by atoms with Crippen LogP contribution in [0.25, 0.3) is 0 Å². The summed E-state index contributed by atoms with van der Waals surface area (Å²) in [5.41, 5.74) is 0.328. The molecule has 0 saturated heterocycles.